The van der Waals surface area contributed by atoms with E-state index in [1.165, 1.54) is 18.2 Å². The van der Waals surface area contributed by atoms with Crippen LogP contribution in [0.15, 0.2) is 82.7 Å². The van der Waals surface area contributed by atoms with Crippen molar-refractivity contribution in [1.29, 1.82) is 0 Å². The van der Waals surface area contributed by atoms with Crippen molar-refractivity contribution in [2.24, 2.45) is 0 Å². The Bertz CT molecular complexity index is 1420. The summed E-state index contributed by atoms with van der Waals surface area (Å²) in [6.07, 6.45) is 3.96. The zero-order chi connectivity index (χ0) is 22.7. The molecule has 0 spiro atoms. The number of aromatic nitrogens is 2. The van der Waals surface area contributed by atoms with Crippen LogP contribution in [0.25, 0.3) is 10.9 Å². The van der Waals surface area contributed by atoms with Gasteiger partial charge in [0.1, 0.15) is 10.7 Å². The number of pyridine rings is 2. The zero-order valence-electron chi connectivity index (χ0n) is 17.5. The third-order valence-corrected chi connectivity index (χ3v) is 7.10. The molecule has 164 valence electrons. The molecule has 1 N–H and O–H groups in total. The normalized spacial score (nSPS) is 11.8. The van der Waals surface area contributed by atoms with Crippen molar-refractivity contribution in [3.63, 3.8) is 0 Å². The summed E-state index contributed by atoms with van der Waals surface area (Å²) in [6, 6.07) is 16.1. The molecule has 4 rings (SSSR count). The van der Waals surface area contributed by atoms with Crippen LogP contribution in [0.2, 0.25) is 0 Å². The molecule has 6 nitrogen and oxygen atoms in total. The van der Waals surface area contributed by atoms with Gasteiger partial charge in [-0.1, -0.05) is 31.2 Å². The maximum atomic E-state index is 14.4. The fourth-order valence-corrected chi connectivity index (χ4v) is 5.01. The van der Waals surface area contributed by atoms with Gasteiger partial charge in [0.2, 0.25) is 10.0 Å². The molecule has 0 aliphatic rings. The number of sulfonamides is 1. The predicted octanol–water partition coefficient (Wildman–Crippen LogP) is 4.02. The van der Waals surface area contributed by atoms with Crippen LogP contribution in [0.1, 0.15) is 23.6 Å². The number of benzene rings is 2. The average molecular weight is 452 g/mol. The quantitative estimate of drug-likeness (QED) is 0.460. The minimum atomic E-state index is -4.23. The third-order valence-electron chi connectivity index (χ3n) is 5.28. The molecule has 0 saturated heterocycles. The van der Waals surface area contributed by atoms with Crippen LogP contribution in [0.3, 0.4) is 0 Å². The molecule has 0 fully saturated rings. The maximum absolute atomic E-state index is 14.4. The van der Waals surface area contributed by atoms with Gasteiger partial charge in [-0.3, -0.25) is 9.78 Å². The largest absolute Gasteiger partial charge is 0.322 e. The first-order valence-corrected chi connectivity index (χ1v) is 11.6. The summed E-state index contributed by atoms with van der Waals surface area (Å²) in [5, 5.41) is 0.809. The lowest BCUT2D eigenvalue weighted by atomic mass is 10.1. The fourth-order valence-electron chi connectivity index (χ4n) is 3.54. The Balaban J connectivity index is 1.79. The first-order chi connectivity index (χ1) is 15.4. The Morgan fingerprint density at radius 1 is 1.00 bits per heavy atom. The monoisotopic (exact) mass is 451 g/mol. The number of rotatable bonds is 7. The number of aryl methyl sites for hydroxylation is 1. The van der Waals surface area contributed by atoms with E-state index in [9.17, 15) is 17.6 Å². The van der Waals surface area contributed by atoms with Gasteiger partial charge in [-0.05, 0) is 59.3 Å². The van der Waals surface area contributed by atoms with Crippen LogP contribution >= 0.6 is 0 Å². The predicted molar refractivity (Wildman–Crippen MR) is 121 cm³/mol. The van der Waals surface area contributed by atoms with Crippen LogP contribution in [-0.4, -0.2) is 22.7 Å². The molecule has 0 atom stereocenters. The average Bonchev–Trinajstić information content (AvgIpc) is 2.79. The van der Waals surface area contributed by atoms with Crippen molar-refractivity contribution in [1.82, 2.24) is 14.3 Å². The zero-order valence-corrected chi connectivity index (χ0v) is 18.3. The number of nitrogens with zero attached hydrogens (tertiary/aromatic N) is 2. The van der Waals surface area contributed by atoms with Crippen LogP contribution < -0.4 is 5.56 Å². The summed E-state index contributed by atoms with van der Waals surface area (Å²) in [5.41, 5.74) is 2.28. The smallest absolute Gasteiger partial charge is 0.252 e. The molecule has 0 saturated carbocycles. The van der Waals surface area contributed by atoms with E-state index < -0.39 is 20.7 Å². The molecule has 32 heavy (non-hydrogen) atoms. The van der Waals surface area contributed by atoms with Gasteiger partial charge in [-0.2, -0.15) is 4.31 Å². The van der Waals surface area contributed by atoms with Crippen LogP contribution in [0, 0.1) is 5.82 Å². The molecule has 8 heteroatoms. The summed E-state index contributed by atoms with van der Waals surface area (Å²) in [7, 11) is -4.23. The second-order valence-corrected chi connectivity index (χ2v) is 9.37. The van der Waals surface area contributed by atoms with Crippen molar-refractivity contribution in [3.8, 4) is 0 Å². The molecule has 0 aliphatic carbocycles. The van der Waals surface area contributed by atoms with E-state index in [1.807, 2.05) is 25.1 Å². The number of H-pyrrole nitrogens is 1. The molecule has 0 aliphatic heterocycles. The van der Waals surface area contributed by atoms with E-state index in [-0.39, 0.29) is 24.2 Å². The van der Waals surface area contributed by atoms with Gasteiger partial charge in [-0.15, -0.1) is 0 Å². The topological polar surface area (TPSA) is 83.1 Å². The Morgan fingerprint density at radius 2 is 1.81 bits per heavy atom. The van der Waals surface area contributed by atoms with Crippen LogP contribution in [0.5, 0.6) is 0 Å². The van der Waals surface area contributed by atoms with Crippen LogP contribution in [-0.2, 0) is 29.5 Å². The highest BCUT2D eigenvalue weighted by molar-refractivity contribution is 7.89. The lowest BCUT2D eigenvalue weighted by molar-refractivity contribution is 0.396. The van der Waals surface area contributed by atoms with Gasteiger partial charge in [0.25, 0.3) is 5.56 Å². The number of halogens is 1. The summed E-state index contributed by atoms with van der Waals surface area (Å²) in [4.78, 5) is 19.2. The van der Waals surface area contributed by atoms with E-state index >= 15 is 0 Å². The lowest BCUT2D eigenvalue weighted by Crippen LogP contribution is -2.33. The van der Waals surface area contributed by atoms with Crippen molar-refractivity contribution in [2.75, 3.05) is 0 Å². The number of aromatic amines is 1. The Hall–Kier alpha value is -3.36. The molecule has 0 bridgehead atoms. The van der Waals surface area contributed by atoms with Crippen molar-refractivity contribution in [3.05, 3.63) is 106 Å². The Labute approximate surface area is 185 Å². The number of hydrogen-bond donors (Lipinski definition) is 1. The Kier molecular flexibility index (Phi) is 6.16. The molecule has 4 aromatic rings. The minimum Gasteiger partial charge on any atom is -0.322 e. The number of nitrogens with one attached hydrogen (secondary N) is 1. The molecule has 2 heterocycles. The minimum absolute atomic E-state index is 0.0585. The number of hydrogen-bond acceptors (Lipinski definition) is 4. The molecule has 2 aromatic carbocycles. The third kappa shape index (κ3) is 4.46. The van der Waals surface area contributed by atoms with Crippen molar-refractivity contribution < 1.29 is 12.8 Å². The first kappa shape index (κ1) is 21.9. The summed E-state index contributed by atoms with van der Waals surface area (Å²) in [6.45, 7) is 1.76. The van der Waals surface area contributed by atoms with Gasteiger partial charge in [0.05, 0.1) is 0 Å². The van der Waals surface area contributed by atoms with Gasteiger partial charge < -0.3 is 4.98 Å². The van der Waals surface area contributed by atoms with Gasteiger partial charge in [0, 0.05) is 36.6 Å². The van der Waals surface area contributed by atoms with E-state index in [1.54, 1.807) is 30.6 Å². The highest BCUT2D eigenvalue weighted by atomic mass is 32.2. The second kappa shape index (κ2) is 9.02. The number of fused-ring (bicyclic) bond motifs is 1. The molecular weight excluding hydrogens is 429 g/mol. The van der Waals surface area contributed by atoms with Gasteiger partial charge in [0.15, 0.2) is 0 Å². The van der Waals surface area contributed by atoms with E-state index in [4.69, 9.17) is 0 Å². The maximum Gasteiger partial charge on any atom is 0.252 e. The molecular formula is C24H22FN3O3S. The standard InChI is InChI=1S/C24H22FN3O3S/c1-2-17-9-10-22-19(12-17)13-20(24(29)27-22)16-28(15-18-6-5-11-26-14-18)32(30,31)23-8-4-3-7-21(23)25/h3-14H,2,15-16H2,1H3,(H,27,29). The summed E-state index contributed by atoms with van der Waals surface area (Å²) in [5.74, 6) is -0.844. The van der Waals surface area contributed by atoms with Gasteiger partial charge in [-0.25, -0.2) is 12.8 Å². The van der Waals surface area contributed by atoms with Crippen molar-refractivity contribution in [2.45, 2.75) is 31.3 Å². The highest BCUT2D eigenvalue weighted by Gasteiger charge is 2.28. The van der Waals surface area contributed by atoms with Crippen molar-refractivity contribution >= 4 is 20.9 Å². The fraction of sp³-hybridized carbons (Fsp3) is 0.167. The molecule has 0 amide bonds. The molecule has 0 radical (unpaired) electrons. The molecule has 2 aromatic heterocycles. The van der Waals surface area contributed by atoms with E-state index in [0.29, 0.717) is 11.1 Å². The van der Waals surface area contributed by atoms with Crippen LogP contribution in [0.4, 0.5) is 4.39 Å². The lowest BCUT2D eigenvalue weighted by Gasteiger charge is -2.22. The Morgan fingerprint density at radius 3 is 2.53 bits per heavy atom. The van der Waals surface area contributed by atoms with E-state index in [0.717, 1.165) is 27.7 Å². The first-order valence-electron chi connectivity index (χ1n) is 10.2. The summed E-state index contributed by atoms with van der Waals surface area (Å²) < 4.78 is 42.3. The highest BCUT2D eigenvalue weighted by Crippen LogP contribution is 2.23. The van der Waals surface area contributed by atoms with E-state index in [2.05, 4.69) is 9.97 Å². The van der Waals surface area contributed by atoms with Gasteiger partial charge >= 0.3 is 0 Å². The SMILES string of the molecule is CCc1ccc2[nH]c(=O)c(CN(Cc3cccnc3)S(=O)(=O)c3ccccc3F)cc2c1. The summed E-state index contributed by atoms with van der Waals surface area (Å²) >= 11 is 0. The molecule has 0 unspecified atom stereocenters. The second-order valence-electron chi connectivity index (χ2n) is 7.46.